The number of morpholine rings is 1. The average molecular weight is 417 g/mol. The minimum Gasteiger partial charge on any atom is -0.508 e. The van der Waals surface area contributed by atoms with Crippen LogP contribution in [0.2, 0.25) is 0 Å². The molecule has 1 N–H and O–H groups in total. The predicted octanol–water partition coefficient (Wildman–Crippen LogP) is 1.84. The van der Waals surface area contributed by atoms with Gasteiger partial charge in [0.1, 0.15) is 11.5 Å². The third-order valence-electron chi connectivity index (χ3n) is 4.74. The van der Waals surface area contributed by atoms with Crippen molar-refractivity contribution in [3.8, 4) is 5.75 Å². The second-order valence-electron chi connectivity index (χ2n) is 6.85. The van der Waals surface area contributed by atoms with Crippen LogP contribution in [-0.4, -0.2) is 62.2 Å². The molecule has 1 aliphatic heterocycles. The van der Waals surface area contributed by atoms with Gasteiger partial charge in [-0.05, 0) is 29.8 Å². The largest absolute Gasteiger partial charge is 0.508 e. The number of aromatic hydroxyl groups is 1. The summed E-state index contributed by atoms with van der Waals surface area (Å²) in [4.78, 5) is 26.5. The van der Waals surface area contributed by atoms with Crippen LogP contribution in [0.1, 0.15) is 22.3 Å². The third kappa shape index (κ3) is 5.42. The Morgan fingerprint density at radius 2 is 1.66 bits per heavy atom. The van der Waals surface area contributed by atoms with Crippen molar-refractivity contribution in [3.63, 3.8) is 0 Å². The Kier molecular flexibility index (Phi) is 6.66. The molecule has 0 spiro atoms. The van der Waals surface area contributed by atoms with Crippen LogP contribution in [0.5, 0.6) is 5.75 Å². The van der Waals surface area contributed by atoms with Crippen LogP contribution in [0, 0.1) is 0 Å². The number of amides is 1. The highest BCUT2D eigenvalue weighted by molar-refractivity contribution is 7.91. The Balaban J connectivity index is 1.69. The zero-order valence-electron chi connectivity index (χ0n) is 15.9. The molecule has 1 fully saturated rings. The van der Waals surface area contributed by atoms with Gasteiger partial charge in [-0.25, -0.2) is 8.42 Å². The van der Waals surface area contributed by atoms with Gasteiger partial charge in [-0.2, -0.15) is 0 Å². The first kappa shape index (κ1) is 21.0. The molecule has 3 rings (SSSR count). The van der Waals surface area contributed by atoms with Crippen LogP contribution in [0.25, 0.3) is 0 Å². The van der Waals surface area contributed by atoms with Gasteiger partial charge in [-0.1, -0.05) is 24.3 Å². The maximum atomic E-state index is 12.9. The molecule has 8 heteroatoms. The molecule has 0 bridgehead atoms. The molecule has 0 aromatic heterocycles. The van der Waals surface area contributed by atoms with Gasteiger partial charge in [0.15, 0.2) is 9.84 Å². The summed E-state index contributed by atoms with van der Waals surface area (Å²) < 4.78 is 31.0. The minimum atomic E-state index is -3.81. The number of carbonyl (C=O) groups excluding carboxylic acids is 2. The number of carbonyl (C=O) groups is 2. The summed E-state index contributed by atoms with van der Waals surface area (Å²) in [6.45, 7) is 1.68. The number of ether oxygens (including phenoxy) is 1. The van der Waals surface area contributed by atoms with Crippen molar-refractivity contribution in [2.75, 3.05) is 32.1 Å². The Morgan fingerprint density at radius 1 is 1.00 bits per heavy atom. The zero-order chi connectivity index (χ0) is 20.9. The highest BCUT2D eigenvalue weighted by atomic mass is 32.2. The maximum Gasteiger partial charge on any atom is 0.255 e. The standard InChI is InChI=1S/C21H23NO6S/c23-17-7-5-16(6-8-17)15-18(24)9-14-29(26,27)20-4-2-1-3-19(20)21(25)22-10-12-28-13-11-22/h1-8,23H,9-15H2. The molecule has 154 valence electrons. The summed E-state index contributed by atoms with van der Waals surface area (Å²) in [5.41, 5.74) is 0.827. The van der Waals surface area contributed by atoms with E-state index in [1.54, 1.807) is 29.2 Å². The number of hydrogen-bond acceptors (Lipinski definition) is 6. The summed E-state index contributed by atoms with van der Waals surface area (Å²) in [6.07, 6.45) is -0.0621. The number of nitrogens with zero attached hydrogens (tertiary/aromatic N) is 1. The van der Waals surface area contributed by atoms with Crippen LogP contribution in [0.15, 0.2) is 53.4 Å². The molecular formula is C21H23NO6S. The lowest BCUT2D eigenvalue weighted by Gasteiger charge is -2.27. The fourth-order valence-electron chi connectivity index (χ4n) is 3.14. The number of phenols is 1. The van der Waals surface area contributed by atoms with Crippen LogP contribution in [0.4, 0.5) is 0 Å². The lowest BCUT2D eigenvalue weighted by molar-refractivity contribution is -0.118. The van der Waals surface area contributed by atoms with Crippen LogP contribution < -0.4 is 0 Å². The van der Waals surface area contributed by atoms with Crippen LogP contribution >= 0.6 is 0 Å². The first-order valence-electron chi connectivity index (χ1n) is 9.35. The van der Waals surface area contributed by atoms with Crippen molar-refractivity contribution in [1.29, 1.82) is 0 Å². The highest BCUT2D eigenvalue weighted by Crippen LogP contribution is 2.21. The number of sulfone groups is 1. The lowest BCUT2D eigenvalue weighted by Crippen LogP contribution is -2.41. The number of ketones is 1. The zero-order valence-corrected chi connectivity index (χ0v) is 16.7. The van der Waals surface area contributed by atoms with Gasteiger partial charge < -0.3 is 14.7 Å². The van der Waals surface area contributed by atoms with Crippen molar-refractivity contribution in [2.45, 2.75) is 17.7 Å². The lowest BCUT2D eigenvalue weighted by atomic mass is 10.1. The van der Waals surface area contributed by atoms with Crippen molar-refractivity contribution in [3.05, 3.63) is 59.7 Å². The van der Waals surface area contributed by atoms with Crippen molar-refractivity contribution < 1.29 is 27.9 Å². The summed E-state index contributed by atoms with van der Waals surface area (Å²) in [6, 6.07) is 12.3. The third-order valence-corrected chi connectivity index (χ3v) is 6.51. The molecule has 1 amide bonds. The molecule has 0 atom stereocenters. The van der Waals surface area contributed by atoms with Crippen molar-refractivity contribution in [1.82, 2.24) is 4.90 Å². The van der Waals surface area contributed by atoms with Gasteiger partial charge in [0.2, 0.25) is 0 Å². The van der Waals surface area contributed by atoms with E-state index in [0.29, 0.717) is 31.9 Å². The molecule has 29 heavy (non-hydrogen) atoms. The SMILES string of the molecule is O=C(CCS(=O)(=O)c1ccccc1C(=O)N1CCOCC1)Cc1ccc(O)cc1. The Labute approximate surface area is 169 Å². The molecule has 1 aliphatic rings. The maximum absolute atomic E-state index is 12.9. The molecule has 0 unspecified atom stereocenters. The fraction of sp³-hybridized carbons (Fsp3) is 0.333. The van der Waals surface area contributed by atoms with E-state index in [2.05, 4.69) is 0 Å². The molecule has 1 saturated heterocycles. The van der Waals surface area contributed by atoms with Gasteiger partial charge in [-0.3, -0.25) is 9.59 Å². The summed E-state index contributed by atoms with van der Waals surface area (Å²) in [7, 11) is -3.81. The molecule has 0 radical (unpaired) electrons. The van der Waals surface area contributed by atoms with Gasteiger partial charge >= 0.3 is 0 Å². The number of phenolic OH excluding ortho intramolecular Hbond substituents is 1. The van der Waals surface area contributed by atoms with E-state index in [4.69, 9.17) is 4.74 Å². The van der Waals surface area contributed by atoms with Gasteiger partial charge in [0.25, 0.3) is 5.91 Å². The second-order valence-corrected chi connectivity index (χ2v) is 8.93. The minimum absolute atomic E-state index is 0.0473. The molecule has 7 nitrogen and oxygen atoms in total. The van der Waals surface area contributed by atoms with Gasteiger partial charge in [0, 0.05) is 25.9 Å². The molecule has 2 aromatic carbocycles. The highest BCUT2D eigenvalue weighted by Gasteiger charge is 2.26. The first-order valence-corrected chi connectivity index (χ1v) is 11.0. The second kappa shape index (κ2) is 9.19. The monoisotopic (exact) mass is 417 g/mol. The Morgan fingerprint density at radius 3 is 2.34 bits per heavy atom. The van der Waals surface area contributed by atoms with E-state index >= 15 is 0 Å². The predicted molar refractivity (Wildman–Crippen MR) is 107 cm³/mol. The number of rotatable bonds is 7. The Bertz CT molecular complexity index is 978. The van der Waals surface area contributed by atoms with E-state index in [1.165, 1.54) is 24.3 Å². The molecule has 0 aliphatic carbocycles. The Hall–Kier alpha value is -2.71. The van der Waals surface area contributed by atoms with E-state index in [0.717, 1.165) is 0 Å². The molecule has 0 saturated carbocycles. The van der Waals surface area contributed by atoms with Crippen LogP contribution in [-0.2, 0) is 25.8 Å². The summed E-state index contributed by atoms with van der Waals surface area (Å²) in [5, 5.41) is 9.29. The summed E-state index contributed by atoms with van der Waals surface area (Å²) >= 11 is 0. The van der Waals surface area contributed by atoms with E-state index < -0.39 is 9.84 Å². The average Bonchev–Trinajstić information content (AvgIpc) is 2.74. The fourth-order valence-corrected chi connectivity index (χ4v) is 4.63. The molecular weight excluding hydrogens is 394 g/mol. The number of Topliss-reactive ketones (excluding diaryl/α,β-unsaturated/α-hetero) is 1. The quantitative estimate of drug-likeness (QED) is 0.738. The van der Waals surface area contributed by atoms with E-state index in [-0.39, 0.29) is 46.5 Å². The van der Waals surface area contributed by atoms with Crippen molar-refractivity contribution in [2.24, 2.45) is 0 Å². The molecule has 2 aromatic rings. The topological polar surface area (TPSA) is 101 Å². The number of benzene rings is 2. The van der Waals surface area contributed by atoms with Crippen LogP contribution in [0.3, 0.4) is 0 Å². The van der Waals surface area contributed by atoms with E-state index in [1.807, 2.05) is 0 Å². The van der Waals surface area contributed by atoms with Gasteiger partial charge in [0.05, 0.1) is 29.4 Å². The summed E-state index contributed by atoms with van der Waals surface area (Å²) in [5.74, 6) is -0.832. The van der Waals surface area contributed by atoms with Crippen molar-refractivity contribution >= 4 is 21.5 Å². The van der Waals surface area contributed by atoms with E-state index in [9.17, 15) is 23.1 Å². The number of hydrogen-bond donors (Lipinski definition) is 1. The smallest absolute Gasteiger partial charge is 0.255 e. The first-order chi connectivity index (χ1) is 13.9. The molecule has 1 heterocycles. The normalized spacial score (nSPS) is 14.6. The van der Waals surface area contributed by atoms with Gasteiger partial charge in [-0.15, -0.1) is 0 Å².